The van der Waals surface area contributed by atoms with Crippen molar-refractivity contribution >= 4 is 27.5 Å². The van der Waals surface area contributed by atoms with Crippen LogP contribution < -0.4 is 5.32 Å². The molecule has 94 valence electrons. The average molecular weight is 318 g/mol. The lowest BCUT2D eigenvalue weighted by Gasteiger charge is -2.09. The molecular formula is C9H5BrF5NO. The van der Waals surface area contributed by atoms with Crippen LogP contribution in [-0.2, 0) is 4.79 Å². The summed E-state index contributed by atoms with van der Waals surface area (Å²) >= 11 is 2.79. The van der Waals surface area contributed by atoms with E-state index >= 15 is 0 Å². The van der Waals surface area contributed by atoms with Gasteiger partial charge in [0.2, 0.25) is 5.91 Å². The number of carbonyl (C=O) groups excluding carboxylic acids is 1. The highest BCUT2D eigenvalue weighted by atomic mass is 79.9. The van der Waals surface area contributed by atoms with Gasteiger partial charge in [-0.3, -0.25) is 4.79 Å². The number of nitrogens with one attached hydrogen (secondary N) is 1. The van der Waals surface area contributed by atoms with E-state index in [0.29, 0.717) is 0 Å². The van der Waals surface area contributed by atoms with Gasteiger partial charge in [0.05, 0.1) is 0 Å². The number of benzene rings is 1. The molecule has 0 bridgehead atoms. The molecule has 1 N–H and O–H groups in total. The normalized spacial score (nSPS) is 11.4. The molecule has 0 heterocycles. The highest BCUT2D eigenvalue weighted by Gasteiger charge is 2.31. The van der Waals surface area contributed by atoms with Crippen LogP contribution in [0.15, 0.2) is 16.6 Å². The van der Waals surface area contributed by atoms with Crippen molar-refractivity contribution in [3.63, 3.8) is 0 Å². The number of hydrogen-bond acceptors (Lipinski definition) is 1. The van der Waals surface area contributed by atoms with Gasteiger partial charge >= 0.3 is 6.18 Å². The van der Waals surface area contributed by atoms with Gasteiger partial charge in [-0.25, -0.2) is 8.78 Å². The zero-order valence-corrected chi connectivity index (χ0v) is 9.62. The molecule has 0 unspecified atom stereocenters. The van der Waals surface area contributed by atoms with Crippen molar-refractivity contribution in [2.24, 2.45) is 0 Å². The minimum atomic E-state index is -4.73. The average Bonchev–Trinajstić information content (AvgIpc) is 2.08. The van der Waals surface area contributed by atoms with Gasteiger partial charge in [-0.15, -0.1) is 0 Å². The molecular weight excluding hydrogens is 313 g/mol. The molecule has 1 aromatic rings. The Kier molecular flexibility index (Phi) is 4.07. The standard InChI is InChI=1S/C9H5BrF5NO/c10-4-1-5(11)8(6(12)2-4)16-7(17)3-9(13,14)15/h1-2H,3H2,(H,16,17). The van der Waals surface area contributed by atoms with Crippen LogP contribution in [0.3, 0.4) is 0 Å². The largest absolute Gasteiger partial charge is 0.397 e. The first kappa shape index (κ1) is 13.9. The second-order valence-corrected chi connectivity index (χ2v) is 4.00. The fourth-order valence-electron chi connectivity index (χ4n) is 1.03. The molecule has 0 aliphatic carbocycles. The Balaban J connectivity index is 2.86. The lowest BCUT2D eigenvalue weighted by atomic mass is 10.2. The van der Waals surface area contributed by atoms with Gasteiger partial charge in [-0.1, -0.05) is 15.9 Å². The Hall–Kier alpha value is -1.18. The third kappa shape index (κ3) is 4.29. The Morgan fingerprint density at radius 2 is 1.71 bits per heavy atom. The third-order valence-electron chi connectivity index (χ3n) is 1.63. The van der Waals surface area contributed by atoms with Gasteiger partial charge in [0, 0.05) is 4.47 Å². The van der Waals surface area contributed by atoms with E-state index in [9.17, 15) is 26.7 Å². The van der Waals surface area contributed by atoms with Crippen LogP contribution in [0.4, 0.5) is 27.6 Å². The molecule has 1 rings (SSSR count). The van der Waals surface area contributed by atoms with Crippen molar-refractivity contribution in [2.75, 3.05) is 5.32 Å². The molecule has 0 aliphatic heterocycles. The maximum atomic E-state index is 13.1. The number of alkyl halides is 3. The summed E-state index contributed by atoms with van der Waals surface area (Å²) in [6, 6.07) is 1.65. The molecule has 0 aliphatic rings. The minimum Gasteiger partial charge on any atom is -0.321 e. The van der Waals surface area contributed by atoms with Gasteiger partial charge in [0.25, 0.3) is 0 Å². The maximum absolute atomic E-state index is 13.1. The predicted octanol–water partition coefficient (Wildman–Crippen LogP) is 3.62. The van der Waals surface area contributed by atoms with Gasteiger partial charge in [-0.2, -0.15) is 13.2 Å². The summed E-state index contributed by atoms with van der Waals surface area (Å²) in [5.74, 6) is -3.85. The Morgan fingerprint density at radius 1 is 1.24 bits per heavy atom. The van der Waals surface area contributed by atoms with Crippen molar-refractivity contribution in [1.82, 2.24) is 0 Å². The molecule has 0 saturated heterocycles. The summed E-state index contributed by atoms with van der Waals surface area (Å²) in [5.41, 5.74) is -0.901. The predicted molar refractivity (Wildman–Crippen MR) is 53.4 cm³/mol. The van der Waals surface area contributed by atoms with E-state index in [0.717, 1.165) is 12.1 Å². The first-order chi connectivity index (χ1) is 7.69. The molecule has 8 heteroatoms. The van der Waals surface area contributed by atoms with E-state index in [2.05, 4.69) is 15.9 Å². The summed E-state index contributed by atoms with van der Waals surface area (Å²) in [6.07, 6.45) is -6.53. The van der Waals surface area contributed by atoms with E-state index in [1.807, 2.05) is 0 Å². The van der Waals surface area contributed by atoms with Crippen LogP contribution >= 0.6 is 15.9 Å². The summed E-state index contributed by atoms with van der Waals surface area (Å²) in [4.78, 5) is 10.8. The van der Waals surface area contributed by atoms with Crippen molar-refractivity contribution in [1.29, 1.82) is 0 Å². The number of anilines is 1. The summed E-state index contributed by atoms with van der Waals surface area (Å²) < 4.78 is 61.8. The highest BCUT2D eigenvalue weighted by molar-refractivity contribution is 9.10. The zero-order chi connectivity index (χ0) is 13.2. The number of rotatable bonds is 2. The second kappa shape index (κ2) is 4.99. The molecule has 0 saturated carbocycles. The first-order valence-corrected chi connectivity index (χ1v) is 4.99. The van der Waals surface area contributed by atoms with E-state index in [4.69, 9.17) is 0 Å². The molecule has 0 spiro atoms. The highest BCUT2D eigenvalue weighted by Crippen LogP contribution is 2.25. The van der Waals surface area contributed by atoms with Crippen molar-refractivity contribution in [3.8, 4) is 0 Å². The topological polar surface area (TPSA) is 29.1 Å². The monoisotopic (exact) mass is 317 g/mol. The SMILES string of the molecule is O=C(CC(F)(F)F)Nc1c(F)cc(Br)cc1F. The second-order valence-electron chi connectivity index (χ2n) is 3.08. The molecule has 0 atom stereocenters. The molecule has 1 aromatic carbocycles. The molecule has 0 radical (unpaired) electrons. The first-order valence-electron chi connectivity index (χ1n) is 4.20. The summed E-state index contributed by atoms with van der Waals surface area (Å²) in [7, 11) is 0. The molecule has 2 nitrogen and oxygen atoms in total. The number of carbonyl (C=O) groups is 1. The van der Waals surface area contributed by atoms with Crippen LogP contribution in [0.1, 0.15) is 6.42 Å². The minimum absolute atomic E-state index is 0.0707. The quantitative estimate of drug-likeness (QED) is 0.829. The third-order valence-corrected chi connectivity index (χ3v) is 2.09. The van der Waals surface area contributed by atoms with Gasteiger partial charge in [0.15, 0.2) is 11.6 Å². The van der Waals surface area contributed by atoms with E-state index in [-0.39, 0.29) is 4.47 Å². The van der Waals surface area contributed by atoms with Crippen molar-refractivity contribution in [3.05, 3.63) is 28.2 Å². The number of amides is 1. The lowest BCUT2D eigenvalue weighted by molar-refractivity contribution is -0.150. The smallest absolute Gasteiger partial charge is 0.321 e. The number of halogens is 6. The molecule has 1 amide bonds. The zero-order valence-electron chi connectivity index (χ0n) is 8.04. The van der Waals surface area contributed by atoms with E-state index in [1.165, 1.54) is 5.32 Å². The van der Waals surface area contributed by atoms with Gasteiger partial charge in [0.1, 0.15) is 12.1 Å². The van der Waals surface area contributed by atoms with Crippen LogP contribution in [0.25, 0.3) is 0 Å². The fourth-order valence-corrected chi connectivity index (χ4v) is 1.43. The van der Waals surface area contributed by atoms with E-state index < -0.39 is 35.8 Å². The summed E-state index contributed by atoms with van der Waals surface area (Å²) in [5, 5.41) is 1.53. The lowest BCUT2D eigenvalue weighted by Crippen LogP contribution is -2.22. The van der Waals surface area contributed by atoms with Crippen LogP contribution in [0.5, 0.6) is 0 Å². The van der Waals surface area contributed by atoms with Crippen molar-refractivity contribution < 1.29 is 26.7 Å². The van der Waals surface area contributed by atoms with Gasteiger partial charge < -0.3 is 5.32 Å². The summed E-state index contributed by atoms with van der Waals surface area (Å²) in [6.45, 7) is 0. The Labute approximate surface area is 101 Å². The van der Waals surface area contributed by atoms with Crippen molar-refractivity contribution in [2.45, 2.75) is 12.6 Å². The molecule has 17 heavy (non-hydrogen) atoms. The Morgan fingerprint density at radius 3 is 2.12 bits per heavy atom. The fraction of sp³-hybridized carbons (Fsp3) is 0.222. The van der Waals surface area contributed by atoms with E-state index in [1.54, 1.807) is 0 Å². The Bertz CT molecular complexity index is 422. The van der Waals surface area contributed by atoms with Gasteiger partial charge in [-0.05, 0) is 12.1 Å². The van der Waals surface area contributed by atoms with Crippen LogP contribution in [0, 0.1) is 11.6 Å². The molecule has 0 aromatic heterocycles. The number of hydrogen-bond donors (Lipinski definition) is 1. The van der Waals surface area contributed by atoms with Crippen LogP contribution in [-0.4, -0.2) is 12.1 Å². The molecule has 0 fully saturated rings. The maximum Gasteiger partial charge on any atom is 0.397 e. The van der Waals surface area contributed by atoms with Crippen LogP contribution in [0.2, 0.25) is 0 Å².